The van der Waals surface area contributed by atoms with Crippen LogP contribution in [-0.4, -0.2) is 42.2 Å². The van der Waals surface area contributed by atoms with Gasteiger partial charge in [0.1, 0.15) is 18.0 Å². The van der Waals surface area contributed by atoms with Gasteiger partial charge in [-0.2, -0.15) is 0 Å². The Kier molecular flexibility index (Phi) is 5.58. The number of fused-ring (bicyclic) bond motifs is 1. The average molecular weight is 394 g/mol. The third-order valence-electron chi connectivity index (χ3n) is 4.52. The molecule has 2 amide bonds. The van der Waals surface area contributed by atoms with E-state index < -0.39 is 17.2 Å². The molecule has 28 heavy (non-hydrogen) atoms. The Labute approximate surface area is 162 Å². The number of rotatable bonds is 3. The van der Waals surface area contributed by atoms with Crippen molar-refractivity contribution in [1.29, 1.82) is 0 Å². The quantitative estimate of drug-likeness (QED) is 0.792. The molecule has 1 N–H and O–H groups in total. The van der Waals surface area contributed by atoms with Gasteiger partial charge in [-0.1, -0.05) is 6.08 Å². The Morgan fingerprint density at radius 2 is 2.00 bits per heavy atom. The lowest BCUT2D eigenvalue weighted by molar-refractivity contribution is -0.116. The zero-order chi connectivity index (χ0) is 20.5. The maximum absolute atomic E-state index is 14.0. The topological polar surface area (TPSA) is 67.9 Å². The number of benzene rings is 1. The molecule has 6 nitrogen and oxygen atoms in total. The number of hydrogen-bond acceptors (Lipinski definition) is 4. The normalized spacial score (nSPS) is 16.8. The molecule has 0 aliphatic carbocycles. The summed E-state index contributed by atoms with van der Waals surface area (Å²) in [5, 5.41) is 2.38. The van der Waals surface area contributed by atoms with Crippen LogP contribution in [0.1, 0.15) is 39.2 Å². The molecule has 0 saturated carbocycles. The summed E-state index contributed by atoms with van der Waals surface area (Å²) >= 11 is 0. The minimum absolute atomic E-state index is 0.139. The van der Waals surface area contributed by atoms with Gasteiger partial charge in [0.25, 0.3) is 0 Å². The molecule has 0 atom stereocenters. The fraction of sp³-hybridized carbons (Fsp3) is 0.500. The molecule has 8 heteroatoms. The van der Waals surface area contributed by atoms with Crippen LogP contribution in [0, 0.1) is 11.6 Å². The summed E-state index contributed by atoms with van der Waals surface area (Å²) in [5.41, 5.74) is 0.731. The van der Waals surface area contributed by atoms with Crippen LogP contribution in [0.4, 0.5) is 19.3 Å². The molecule has 1 aromatic carbocycles. The lowest BCUT2D eigenvalue weighted by Crippen LogP contribution is -2.39. The Balaban J connectivity index is 1.64. The molecule has 0 radical (unpaired) electrons. The molecular formula is C20H24F2N2O4. The summed E-state index contributed by atoms with van der Waals surface area (Å²) < 4.78 is 38.9. The second-order valence-electron chi connectivity index (χ2n) is 7.90. The van der Waals surface area contributed by atoms with E-state index in [9.17, 15) is 18.4 Å². The minimum Gasteiger partial charge on any atom is -0.489 e. The molecule has 1 aromatic rings. The number of carbonyl (C=O) groups excluding carboxylic acids is 2. The van der Waals surface area contributed by atoms with Gasteiger partial charge in [-0.3, -0.25) is 4.79 Å². The minimum atomic E-state index is -1.07. The van der Waals surface area contributed by atoms with Gasteiger partial charge < -0.3 is 19.7 Å². The molecule has 2 aliphatic heterocycles. The number of anilines is 1. The fourth-order valence-electron chi connectivity index (χ4n) is 3.09. The number of nitrogens with zero attached hydrogens (tertiary/aromatic N) is 1. The molecule has 152 valence electrons. The van der Waals surface area contributed by atoms with Crippen molar-refractivity contribution in [3.8, 4) is 5.75 Å². The van der Waals surface area contributed by atoms with Gasteiger partial charge in [0.05, 0.1) is 5.69 Å². The van der Waals surface area contributed by atoms with E-state index in [1.165, 1.54) is 0 Å². The van der Waals surface area contributed by atoms with E-state index in [0.29, 0.717) is 31.5 Å². The molecule has 0 saturated heterocycles. The van der Waals surface area contributed by atoms with Crippen LogP contribution < -0.4 is 10.1 Å². The third-order valence-corrected chi connectivity index (χ3v) is 4.52. The van der Waals surface area contributed by atoms with Gasteiger partial charge in [-0.25, -0.2) is 13.6 Å². The van der Waals surface area contributed by atoms with Crippen LogP contribution in [0.2, 0.25) is 0 Å². The molecule has 0 spiro atoms. The standard InChI is InChI=1S/C20H24F2N2O4/c1-20(2,3)28-19(26)24-8-6-12(7-9-24)11-27-15-10-14(21)17(22)18-13(15)4-5-16(25)23-18/h6,10H,4-5,7-9,11H2,1-3H3,(H,23,25). The maximum atomic E-state index is 14.0. The fourth-order valence-corrected chi connectivity index (χ4v) is 3.09. The van der Waals surface area contributed by atoms with E-state index in [-0.39, 0.29) is 36.5 Å². The van der Waals surface area contributed by atoms with Crippen molar-refractivity contribution >= 4 is 17.7 Å². The van der Waals surface area contributed by atoms with Gasteiger partial charge >= 0.3 is 6.09 Å². The first-order valence-corrected chi connectivity index (χ1v) is 9.23. The van der Waals surface area contributed by atoms with Gasteiger partial charge in [0.15, 0.2) is 11.6 Å². The van der Waals surface area contributed by atoms with E-state index in [2.05, 4.69) is 5.32 Å². The van der Waals surface area contributed by atoms with E-state index in [1.807, 2.05) is 26.8 Å². The molecule has 3 rings (SSSR count). The summed E-state index contributed by atoms with van der Waals surface area (Å²) in [7, 11) is 0. The van der Waals surface area contributed by atoms with Crippen LogP contribution in [0.15, 0.2) is 17.7 Å². The Morgan fingerprint density at radius 3 is 2.64 bits per heavy atom. The van der Waals surface area contributed by atoms with Crippen molar-refractivity contribution in [2.24, 2.45) is 0 Å². The third kappa shape index (κ3) is 4.61. The highest BCUT2D eigenvalue weighted by atomic mass is 19.2. The molecule has 0 fully saturated rings. The van der Waals surface area contributed by atoms with Crippen LogP contribution in [0.25, 0.3) is 0 Å². The van der Waals surface area contributed by atoms with E-state index in [4.69, 9.17) is 9.47 Å². The number of halogens is 2. The van der Waals surface area contributed by atoms with Crippen LogP contribution >= 0.6 is 0 Å². The summed E-state index contributed by atoms with van der Waals surface area (Å²) in [6.07, 6.45) is 2.60. The van der Waals surface area contributed by atoms with Crippen molar-refractivity contribution in [1.82, 2.24) is 4.90 Å². The molecule has 2 aliphatic rings. The van der Waals surface area contributed by atoms with Gasteiger partial charge in [0, 0.05) is 31.1 Å². The molecule has 0 bridgehead atoms. The lowest BCUT2D eigenvalue weighted by Gasteiger charge is -2.29. The van der Waals surface area contributed by atoms with Crippen LogP contribution in [0.3, 0.4) is 0 Å². The first-order chi connectivity index (χ1) is 13.1. The van der Waals surface area contributed by atoms with Crippen LogP contribution in [0.5, 0.6) is 5.75 Å². The Hall–Kier alpha value is -2.64. The second kappa shape index (κ2) is 7.77. The number of ether oxygens (including phenoxy) is 2. The van der Waals surface area contributed by atoms with Gasteiger partial charge in [-0.05, 0) is 39.2 Å². The molecule has 2 heterocycles. The lowest BCUT2D eigenvalue weighted by atomic mass is 10.0. The first kappa shape index (κ1) is 20.1. The Bertz CT molecular complexity index is 830. The van der Waals surface area contributed by atoms with Crippen molar-refractivity contribution < 1.29 is 27.8 Å². The molecule has 0 aromatic heterocycles. The number of carbonyl (C=O) groups is 2. The second-order valence-corrected chi connectivity index (χ2v) is 7.90. The van der Waals surface area contributed by atoms with E-state index >= 15 is 0 Å². The van der Waals surface area contributed by atoms with Gasteiger partial charge in [0.2, 0.25) is 5.91 Å². The highest BCUT2D eigenvalue weighted by Crippen LogP contribution is 2.35. The van der Waals surface area contributed by atoms with E-state index in [0.717, 1.165) is 11.6 Å². The summed E-state index contributed by atoms with van der Waals surface area (Å²) in [5.74, 6) is -2.26. The largest absolute Gasteiger partial charge is 0.489 e. The smallest absolute Gasteiger partial charge is 0.410 e. The summed E-state index contributed by atoms with van der Waals surface area (Å²) in [6.45, 7) is 6.54. The zero-order valence-electron chi connectivity index (χ0n) is 16.2. The average Bonchev–Trinajstić information content (AvgIpc) is 2.62. The Morgan fingerprint density at radius 1 is 1.25 bits per heavy atom. The van der Waals surface area contributed by atoms with Crippen molar-refractivity contribution in [3.05, 3.63) is 34.9 Å². The zero-order valence-corrected chi connectivity index (χ0v) is 16.2. The van der Waals surface area contributed by atoms with Crippen LogP contribution in [-0.2, 0) is 16.0 Å². The number of nitrogens with one attached hydrogen (secondary N) is 1. The maximum Gasteiger partial charge on any atom is 0.410 e. The van der Waals surface area contributed by atoms with Crippen molar-refractivity contribution in [2.45, 2.75) is 45.6 Å². The molecule has 0 unspecified atom stereocenters. The van der Waals surface area contributed by atoms with E-state index in [1.54, 1.807) is 4.90 Å². The summed E-state index contributed by atoms with van der Waals surface area (Å²) in [6, 6.07) is 1.02. The molecular weight excluding hydrogens is 370 g/mol. The first-order valence-electron chi connectivity index (χ1n) is 9.23. The SMILES string of the molecule is CC(C)(C)OC(=O)N1CC=C(COc2cc(F)c(F)c3c2CCC(=O)N3)CC1. The predicted octanol–water partition coefficient (Wildman–Crippen LogP) is 3.80. The van der Waals surface area contributed by atoms with Gasteiger partial charge in [-0.15, -0.1) is 0 Å². The number of hydrogen-bond donors (Lipinski definition) is 1. The number of amides is 2. The van der Waals surface area contributed by atoms with Crippen molar-refractivity contribution in [2.75, 3.05) is 25.0 Å². The highest BCUT2D eigenvalue weighted by molar-refractivity contribution is 5.94. The monoisotopic (exact) mass is 394 g/mol. The highest BCUT2D eigenvalue weighted by Gasteiger charge is 2.26. The predicted molar refractivity (Wildman–Crippen MR) is 99.3 cm³/mol. The van der Waals surface area contributed by atoms with Crippen molar-refractivity contribution in [3.63, 3.8) is 0 Å². The summed E-state index contributed by atoms with van der Waals surface area (Å²) in [4.78, 5) is 25.2.